The molecule has 0 N–H and O–H groups in total. The molecule has 0 saturated carbocycles. The van der Waals surface area contributed by atoms with E-state index in [1.54, 1.807) is 0 Å². The van der Waals surface area contributed by atoms with Crippen LogP contribution in [0.5, 0.6) is 0 Å². The molecule has 1 heterocycles. The van der Waals surface area contributed by atoms with E-state index in [9.17, 15) is 0 Å². The Kier molecular flexibility index (Phi) is 5.79. The predicted octanol–water partition coefficient (Wildman–Crippen LogP) is 12.9. The van der Waals surface area contributed by atoms with Gasteiger partial charge in [-0.05, 0) is 120 Å². The van der Waals surface area contributed by atoms with Crippen LogP contribution in [0.15, 0.2) is 176 Å². The van der Waals surface area contributed by atoms with Gasteiger partial charge in [0.1, 0.15) is 0 Å². The molecule has 11 rings (SSSR count). The van der Waals surface area contributed by atoms with Crippen LogP contribution in [-0.4, -0.2) is 4.57 Å². The van der Waals surface area contributed by atoms with Crippen molar-refractivity contribution in [2.75, 3.05) is 0 Å². The number of para-hydroxylation sites is 2. The van der Waals surface area contributed by atoms with Gasteiger partial charge in [-0.15, -0.1) is 0 Å². The van der Waals surface area contributed by atoms with Gasteiger partial charge in [0, 0.05) is 16.5 Å². The molecule has 0 fully saturated rings. The Morgan fingerprint density at radius 2 is 1.02 bits per heavy atom. The lowest BCUT2D eigenvalue weighted by molar-refractivity contribution is 1.18. The van der Waals surface area contributed by atoms with Crippen molar-refractivity contribution in [2.45, 2.75) is 6.42 Å². The van der Waals surface area contributed by atoms with Crippen molar-refractivity contribution in [3.05, 3.63) is 198 Å². The van der Waals surface area contributed by atoms with Crippen LogP contribution in [0.25, 0.3) is 82.1 Å². The predicted molar refractivity (Wildman–Crippen MR) is 212 cm³/mol. The van der Waals surface area contributed by atoms with Gasteiger partial charge in [-0.1, -0.05) is 140 Å². The number of nitrogens with zero attached hydrogens (tertiary/aromatic N) is 1. The minimum atomic E-state index is 0.923. The number of fused-ring (bicyclic) bond motifs is 5. The van der Waals surface area contributed by atoms with Gasteiger partial charge < -0.3 is 4.57 Å². The summed E-state index contributed by atoms with van der Waals surface area (Å²) < 4.78 is 2.39. The summed E-state index contributed by atoms with van der Waals surface area (Å²) >= 11 is 0. The summed E-state index contributed by atoms with van der Waals surface area (Å²) in [6.07, 6.45) is 0.923. The molecule has 0 amide bonds. The lowest BCUT2D eigenvalue weighted by Crippen LogP contribution is -1.94. The van der Waals surface area contributed by atoms with Gasteiger partial charge in [0.25, 0.3) is 0 Å². The van der Waals surface area contributed by atoms with E-state index in [2.05, 4.69) is 180 Å². The lowest BCUT2D eigenvalue weighted by atomic mass is 9.86. The molecule has 0 unspecified atom stereocenters. The molecular formula is C49H31N. The molecular weight excluding hydrogens is 603 g/mol. The maximum absolute atomic E-state index is 2.46. The summed E-state index contributed by atoms with van der Waals surface area (Å²) in [5.41, 5.74) is 14.3. The molecule has 0 bridgehead atoms. The van der Waals surface area contributed by atoms with Gasteiger partial charge in [-0.25, -0.2) is 0 Å². The average molecular weight is 634 g/mol. The minimum Gasteiger partial charge on any atom is -0.309 e. The topological polar surface area (TPSA) is 4.93 Å². The Labute approximate surface area is 290 Å². The molecule has 1 aliphatic carbocycles. The molecule has 1 aromatic heterocycles. The van der Waals surface area contributed by atoms with E-state index in [-0.39, 0.29) is 0 Å². The van der Waals surface area contributed by atoms with Crippen LogP contribution in [-0.2, 0) is 6.42 Å². The summed E-state index contributed by atoms with van der Waals surface area (Å²) in [7, 11) is 0. The molecule has 0 atom stereocenters. The second-order valence-corrected chi connectivity index (χ2v) is 13.6. The van der Waals surface area contributed by atoms with E-state index in [1.165, 1.54) is 104 Å². The normalized spacial score (nSPS) is 13.0. The maximum atomic E-state index is 2.46. The van der Waals surface area contributed by atoms with Gasteiger partial charge in [0.2, 0.25) is 0 Å². The highest BCUT2D eigenvalue weighted by molar-refractivity contribution is 6.28. The van der Waals surface area contributed by atoms with Gasteiger partial charge in [-0.3, -0.25) is 0 Å². The first-order chi connectivity index (χ1) is 24.8. The van der Waals surface area contributed by atoms with Crippen molar-refractivity contribution in [1.29, 1.82) is 0 Å². The van der Waals surface area contributed by atoms with Crippen LogP contribution in [0.1, 0.15) is 22.3 Å². The lowest BCUT2D eigenvalue weighted by Gasteiger charge is -2.17. The summed E-state index contributed by atoms with van der Waals surface area (Å²) in [6.45, 7) is 0. The summed E-state index contributed by atoms with van der Waals surface area (Å²) in [6, 6.07) is 65.0. The van der Waals surface area contributed by atoms with E-state index in [0.717, 1.165) is 6.42 Å². The maximum Gasteiger partial charge on any atom is 0.0541 e. The number of hydrogen-bond acceptors (Lipinski definition) is 0. The SMILES string of the molecule is c1ccc(C2=C(c3ccccc3)c3cc4ccc5c(-c6ccc7c(c6)c6ccccc6n7-c6ccccc6)ccc6ccc(c3C2)c4c65)cc1. The monoisotopic (exact) mass is 633 g/mol. The highest BCUT2D eigenvalue weighted by atomic mass is 15.0. The standard InChI is InChI=1S/C49H31N/c1-4-12-31(13-5-1)41-30-42-40-25-21-33-20-24-37(39-26-22-35(49(40)48(33)39)29-44(42)47(41)32-14-6-2-7-15-32)34-23-27-46-43(28-34)38-18-10-11-19-45(38)50(46)36-16-8-3-9-17-36/h1-29H,30H2. The van der Waals surface area contributed by atoms with Gasteiger partial charge in [0.15, 0.2) is 0 Å². The van der Waals surface area contributed by atoms with Crippen LogP contribution < -0.4 is 0 Å². The van der Waals surface area contributed by atoms with E-state index < -0.39 is 0 Å². The smallest absolute Gasteiger partial charge is 0.0541 e. The van der Waals surface area contributed by atoms with Crippen molar-refractivity contribution >= 4 is 65.3 Å². The number of allylic oxidation sites excluding steroid dienone is 1. The Bertz CT molecular complexity index is 2960. The first-order valence-electron chi connectivity index (χ1n) is 17.5. The van der Waals surface area contributed by atoms with E-state index >= 15 is 0 Å². The second kappa shape index (κ2) is 10.5. The minimum absolute atomic E-state index is 0.923. The molecule has 1 nitrogen and oxygen atoms in total. The van der Waals surface area contributed by atoms with Crippen molar-refractivity contribution < 1.29 is 0 Å². The number of benzene rings is 9. The largest absolute Gasteiger partial charge is 0.309 e. The molecule has 232 valence electrons. The molecule has 50 heavy (non-hydrogen) atoms. The quantitative estimate of drug-likeness (QED) is 0.170. The third kappa shape index (κ3) is 3.89. The zero-order chi connectivity index (χ0) is 32.8. The molecule has 0 radical (unpaired) electrons. The van der Waals surface area contributed by atoms with Crippen molar-refractivity contribution in [2.24, 2.45) is 0 Å². The van der Waals surface area contributed by atoms with E-state index in [0.29, 0.717) is 0 Å². The molecule has 0 aliphatic heterocycles. The van der Waals surface area contributed by atoms with Crippen LogP contribution in [0.4, 0.5) is 0 Å². The van der Waals surface area contributed by atoms with Gasteiger partial charge in [-0.2, -0.15) is 0 Å². The van der Waals surface area contributed by atoms with Crippen molar-refractivity contribution in [1.82, 2.24) is 4.57 Å². The Morgan fingerprint density at radius 1 is 0.380 bits per heavy atom. The Morgan fingerprint density at radius 3 is 1.84 bits per heavy atom. The highest BCUT2D eigenvalue weighted by Gasteiger charge is 2.27. The first-order valence-corrected chi connectivity index (χ1v) is 17.5. The van der Waals surface area contributed by atoms with Gasteiger partial charge in [0.05, 0.1) is 11.0 Å². The van der Waals surface area contributed by atoms with Crippen molar-refractivity contribution in [3.8, 4) is 16.8 Å². The highest BCUT2D eigenvalue weighted by Crippen LogP contribution is 2.49. The van der Waals surface area contributed by atoms with E-state index in [1.807, 2.05) is 0 Å². The molecule has 0 saturated heterocycles. The van der Waals surface area contributed by atoms with Crippen LogP contribution in [0, 0.1) is 0 Å². The molecule has 10 aromatic rings. The second-order valence-electron chi connectivity index (χ2n) is 13.6. The van der Waals surface area contributed by atoms with E-state index in [4.69, 9.17) is 0 Å². The fraction of sp³-hybridized carbons (Fsp3) is 0.0204. The summed E-state index contributed by atoms with van der Waals surface area (Å²) in [5, 5.41) is 10.6. The number of aromatic nitrogens is 1. The van der Waals surface area contributed by atoms with Crippen molar-refractivity contribution in [3.63, 3.8) is 0 Å². The fourth-order valence-electron chi connectivity index (χ4n) is 8.84. The molecule has 1 heteroatoms. The Balaban J connectivity index is 1.14. The average Bonchev–Trinajstić information content (AvgIpc) is 3.74. The number of rotatable bonds is 4. The fourth-order valence-corrected chi connectivity index (χ4v) is 8.84. The third-order valence-electron chi connectivity index (χ3n) is 11.0. The zero-order valence-corrected chi connectivity index (χ0v) is 27.4. The first kappa shape index (κ1) is 27.5. The molecule has 9 aromatic carbocycles. The third-order valence-corrected chi connectivity index (χ3v) is 11.0. The summed E-state index contributed by atoms with van der Waals surface area (Å²) in [5.74, 6) is 0. The zero-order valence-electron chi connectivity index (χ0n) is 27.4. The Hall–Kier alpha value is -6.44. The van der Waals surface area contributed by atoms with Gasteiger partial charge >= 0.3 is 0 Å². The summed E-state index contributed by atoms with van der Waals surface area (Å²) in [4.78, 5) is 0. The number of hydrogen-bond donors (Lipinski definition) is 0. The molecule has 1 aliphatic rings. The van der Waals surface area contributed by atoms with Crippen LogP contribution in [0.3, 0.4) is 0 Å². The van der Waals surface area contributed by atoms with Crippen LogP contribution >= 0.6 is 0 Å². The van der Waals surface area contributed by atoms with Crippen LogP contribution in [0.2, 0.25) is 0 Å². The molecule has 0 spiro atoms.